The van der Waals surface area contributed by atoms with Gasteiger partial charge < -0.3 is 0 Å². The molecule has 0 aromatic heterocycles. The van der Waals surface area contributed by atoms with E-state index in [0.29, 0.717) is 0 Å². The predicted octanol–water partition coefficient (Wildman–Crippen LogP) is 1.84. The van der Waals surface area contributed by atoms with Gasteiger partial charge in [0.05, 0.1) is 0 Å². The van der Waals surface area contributed by atoms with Crippen LogP contribution in [0.25, 0.3) is 0 Å². The third-order valence-electron chi connectivity index (χ3n) is 2.50. The van der Waals surface area contributed by atoms with Gasteiger partial charge in [-0.15, -0.1) is 0 Å². The standard InChI is InChI=1S/C6H14S/c1-5-6(2)7(5,3)4/h5-6H,1-4H3. The molecule has 0 aromatic rings. The number of rotatable bonds is 0. The summed E-state index contributed by atoms with van der Waals surface area (Å²) in [6.07, 6.45) is 4.84. The molecule has 0 nitrogen and oxygen atoms in total. The molecule has 2 atom stereocenters. The van der Waals surface area contributed by atoms with Crippen LogP contribution < -0.4 is 0 Å². The topological polar surface area (TPSA) is 0 Å². The first-order chi connectivity index (χ1) is 3.07. The highest BCUT2D eigenvalue weighted by molar-refractivity contribution is 8.39. The van der Waals surface area contributed by atoms with Crippen molar-refractivity contribution in [3.05, 3.63) is 0 Å². The van der Waals surface area contributed by atoms with Crippen LogP contribution in [0.3, 0.4) is 0 Å². The fraction of sp³-hybridized carbons (Fsp3) is 1.00. The lowest BCUT2D eigenvalue weighted by Crippen LogP contribution is -1.74. The molecule has 0 aromatic carbocycles. The van der Waals surface area contributed by atoms with Gasteiger partial charge in [0.2, 0.25) is 0 Å². The highest BCUT2D eigenvalue weighted by atomic mass is 32.3. The number of hydrogen-bond acceptors (Lipinski definition) is 0. The second-order valence-corrected chi connectivity index (χ2v) is 7.36. The van der Waals surface area contributed by atoms with Gasteiger partial charge in [0.1, 0.15) is 0 Å². The Balaban J connectivity index is 2.52. The molecule has 0 bridgehead atoms. The van der Waals surface area contributed by atoms with Gasteiger partial charge in [0.25, 0.3) is 0 Å². The van der Waals surface area contributed by atoms with E-state index >= 15 is 0 Å². The number of hydrogen-bond donors (Lipinski definition) is 0. The maximum absolute atomic E-state index is 2.42. The molecule has 1 aliphatic heterocycles. The maximum atomic E-state index is 2.42. The Labute approximate surface area is 47.6 Å². The Morgan fingerprint density at radius 1 is 1.00 bits per heavy atom. The minimum absolute atomic E-state index is 0.0741. The molecule has 2 unspecified atom stereocenters. The van der Waals surface area contributed by atoms with Crippen LogP contribution in [0.4, 0.5) is 0 Å². The molecule has 7 heavy (non-hydrogen) atoms. The van der Waals surface area contributed by atoms with Gasteiger partial charge in [-0.3, -0.25) is 0 Å². The third-order valence-corrected chi connectivity index (χ3v) is 6.84. The lowest BCUT2D eigenvalue weighted by molar-refractivity contribution is 1.05. The van der Waals surface area contributed by atoms with Crippen LogP contribution in [0.5, 0.6) is 0 Å². The normalized spacial score (nSPS) is 50.9. The van der Waals surface area contributed by atoms with E-state index in [1.165, 1.54) is 0 Å². The molecule has 1 saturated heterocycles. The van der Waals surface area contributed by atoms with Gasteiger partial charge in [-0.25, -0.2) is 10.0 Å². The van der Waals surface area contributed by atoms with Crippen molar-refractivity contribution in [3.8, 4) is 0 Å². The van der Waals surface area contributed by atoms with Crippen molar-refractivity contribution in [1.82, 2.24) is 0 Å². The van der Waals surface area contributed by atoms with E-state index in [1.807, 2.05) is 0 Å². The van der Waals surface area contributed by atoms with Gasteiger partial charge in [-0.2, -0.15) is 0 Å². The first-order valence-electron chi connectivity index (χ1n) is 2.78. The van der Waals surface area contributed by atoms with Crippen molar-refractivity contribution in [2.45, 2.75) is 24.3 Å². The summed E-state index contributed by atoms with van der Waals surface area (Å²) < 4.78 is 0. The average Bonchev–Trinajstić information content (AvgIpc) is 1.91. The van der Waals surface area contributed by atoms with E-state index in [-0.39, 0.29) is 10.0 Å². The van der Waals surface area contributed by atoms with E-state index in [1.54, 1.807) is 0 Å². The van der Waals surface area contributed by atoms with Crippen molar-refractivity contribution in [2.75, 3.05) is 12.5 Å². The average molecular weight is 118 g/mol. The second kappa shape index (κ2) is 1.19. The minimum Gasteiger partial charge on any atom is -0.240 e. The smallest absolute Gasteiger partial charge is 0.00403 e. The fourth-order valence-corrected chi connectivity index (χ4v) is 3.51. The Kier molecular flexibility index (Phi) is 0.934. The van der Waals surface area contributed by atoms with Crippen LogP contribution in [-0.4, -0.2) is 23.0 Å². The first kappa shape index (κ1) is 5.49. The summed E-state index contributed by atoms with van der Waals surface area (Å²) in [4.78, 5) is 0. The van der Waals surface area contributed by atoms with Crippen molar-refractivity contribution < 1.29 is 0 Å². The lowest BCUT2D eigenvalue weighted by Gasteiger charge is -2.03. The van der Waals surface area contributed by atoms with Gasteiger partial charge in [-0.1, -0.05) is 13.8 Å². The fourth-order valence-electron chi connectivity index (χ4n) is 0.949. The van der Waals surface area contributed by atoms with E-state index in [4.69, 9.17) is 0 Å². The van der Waals surface area contributed by atoms with Crippen LogP contribution in [-0.2, 0) is 0 Å². The van der Waals surface area contributed by atoms with Crippen LogP contribution in [0.2, 0.25) is 0 Å². The summed E-state index contributed by atoms with van der Waals surface area (Å²) in [6, 6.07) is 0. The second-order valence-electron chi connectivity index (χ2n) is 2.90. The van der Waals surface area contributed by atoms with Gasteiger partial charge in [-0.05, 0) is 23.0 Å². The third kappa shape index (κ3) is 0.584. The maximum Gasteiger partial charge on any atom is -0.00403 e. The summed E-state index contributed by atoms with van der Waals surface area (Å²) in [5.41, 5.74) is 0. The Morgan fingerprint density at radius 3 is 1.14 bits per heavy atom. The van der Waals surface area contributed by atoms with Crippen LogP contribution in [0, 0.1) is 0 Å². The molecule has 0 amide bonds. The molecule has 1 heterocycles. The SMILES string of the molecule is CC1C(C)S1(C)C. The Morgan fingerprint density at radius 2 is 1.14 bits per heavy atom. The molecule has 1 aliphatic rings. The highest BCUT2D eigenvalue weighted by Gasteiger charge is 2.46. The quantitative estimate of drug-likeness (QED) is 0.426. The first-order valence-corrected chi connectivity index (χ1v) is 5.35. The highest BCUT2D eigenvalue weighted by Crippen LogP contribution is 2.68. The van der Waals surface area contributed by atoms with E-state index < -0.39 is 0 Å². The van der Waals surface area contributed by atoms with Crippen molar-refractivity contribution in [3.63, 3.8) is 0 Å². The molecular formula is C6H14S. The van der Waals surface area contributed by atoms with Gasteiger partial charge >= 0.3 is 0 Å². The van der Waals surface area contributed by atoms with Crippen LogP contribution >= 0.6 is 10.0 Å². The van der Waals surface area contributed by atoms with E-state index in [0.717, 1.165) is 10.5 Å². The molecule has 1 fully saturated rings. The molecule has 0 N–H and O–H groups in total. The molecule has 44 valence electrons. The van der Waals surface area contributed by atoms with E-state index in [9.17, 15) is 0 Å². The zero-order valence-corrected chi connectivity index (χ0v) is 6.38. The summed E-state index contributed by atoms with van der Waals surface area (Å²) in [5, 5.41) is 2.10. The van der Waals surface area contributed by atoms with Gasteiger partial charge in [0.15, 0.2) is 0 Å². The van der Waals surface area contributed by atoms with Gasteiger partial charge in [0, 0.05) is 0 Å². The van der Waals surface area contributed by atoms with E-state index in [2.05, 4.69) is 26.4 Å². The predicted molar refractivity (Wildman–Crippen MR) is 38.4 cm³/mol. The molecule has 1 heteroatoms. The van der Waals surface area contributed by atoms with Crippen LogP contribution in [0.1, 0.15) is 13.8 Å². The summed E-state index contributed by atoms with van der Waals surface area (Å²) in [6.45, 7) is 4.72. The monoisotopic (exact) mass is 118 g/mol. The minimum atomic E-state index is -0.0741. The lowest BCUT2D eigenvalue weighted by atomic mass is 10.4. The Bertz CT molecular complexity index is 76.2. The molecule has 0 aliphatic carbocycles. The molecule has 0 radical (unpaired) electrons. The Hall–Kier alpha value is 0.350. The zero-order valence-electron chi connectivity index (χ0n) is 5.56. The van der Waals surface area contributed by atoms with Crippen molar-refractivity contribution >= 4 is 10.0 Å². The zero-order chi connectivity index (χ0) is 5.65. The molecule has 0 spiro atoms. The summed E-state index contributed by atoms with van der Waals surface area (Å²) in [7, 11) is -0.0741. The van der Waals surface area contributed by atoms with Crippen molar-refractivity contribution in [2.24, 2.45) is 0 Å². The summed E-state index contributed by atoms with van der Waals surface area (Å²) >= 11 is 0. The molecular weight excluding hydrogens is 104 g/mol. The molecule has 1 rings (SSSR count). The summed E-state index contributed by atoms with van der Waals surface area (Å²) in [5.74, 6) is 0. The largest absolute Gasteiger partial charge is 0.240 e. The van der Waals surface area contributed by atoms with Crippen LogP contribution in [0.15, 0.2) is 0 Å². The molecule has 0 saturated carbocycles. The van der Waals surface area contributed by atoms with Crippen molar-refractivity contribution in [1.29, 1.82) is 0 Å².